The Kier molecular flexibility index (Phi) is 4.48. The van der Waals surface area contributed by atoms with E-state index in [1.807, 2.05) is 72.8 Å². The van der Waals surface area contributed by atoms with Gasteiger partial charge in [0.25, 0.3) is 5.91 Å². The van der Waals surface area contributed by atoms with Crippen LogP contribution in [0.4, 0.5) is 0 Å². The number of furan rings is 1. The van der Waals surface area contributed by atoms with E-state index in [1.54, 1.807) is 17.4 Å². The Labute approximate surface area is 151 Å². The Morgan fingerprint density at radius 3 is 2.50 bits per heavy atom. The average Bonchev–Trinajstić information content (AvgIpc) is 3.20. The summed E-state index contributed by atoms with van der Waals surface area (Å²) in [6.07, 6.45) is 3.36. The summed E-state index contributed by atoms with van der Waals surface area (Å²) in [5, 5.41) is 2.17. The Bertz CT molecular complexity index is 1010. The van der Waals surface area contributed by atoms with E-state index in [2.05, 4.69) is 4.98 Å². The van der Waals surface area contributed by atoms with Gasteiger partial charge in [0.15, 0.2) is 0 Å². The molecule has 0 spiro atoms. The molecular weight excluding hydrogens is 324 g/mol. The van der Waals surface area contributed by atoms with Crippen LogP contribution >= 0.6 is 0 Å². The molecule has 2 aromatic heterocycles. The second kappa shape index (κ2) is 7.23. The van der Waals surface area contributed by atoms with Crippen molar-refractivity contribution in [3.05, 3.63) is 102 Å². The van der Waals surface area contributed by atoms with Gasteiger partial charge in [-0.2, -0.15) is 0 Å². The summed E-state index contributed by atoms with van der Waals surface area (Å²) in [4.78, 5) is 19.3. The van der Waals surface area contributed by atoms with Crippen molar-refractivity contribution >= 4 is 16.7 Å². The van der Waals surface area contributed by atoms with Gasteiger partial charge in [-0.3, -0.25) is 9.78 Å². The molecule has 4 heteroatoms. The molecule has 4 rings (SSSR count). The van der Waals surface area contributed by atoms with E-state index in [0.29, 0.717) is 18.7 Å². The lowest BCUT2D eigenvalue weighted by Gasteiger charge is -2.21. The number of aromatic nitrogens is 1. The van der Waals surface area contributed by atoms with Gasteiger partial charge in [0.1, 0.15) is 5.76 Å². The monoisotopic (exact) mass is 342 g/mol. The zero-order valence-corrected chi connectivity index (χ0v) is 14.2. The van der Waals surface area contributed by atoms with E-state index in [4.69, 9.17) is 4.42 Å². The number of amides is 1. The van der Waals surface area contributed by atoms with E-state index >= 15 is 0 Å². The third-order valence-electron chi connectivity index (χ3n) is 4.29. The fourth-order valence-electron chi connectivity index (χ4n) is 2.98. The molecule has 26 heavy (non-hydrogen) atoms. The second-order valence-corrected chi connectivity index (χ2v) is 6.12. The summed E-state index contributed by atoms with van der Waals surface area (Å²) in [7, 11) is 0. The highest BCUT2D eigenvalue weighted by atomic mass is 16.3. The summed E-state index contributed by atoms with van der Waals surface area (Å²) in [6.45, 7) is 0.822. The molecule has 0 unspecified atom stereocenters. The number of nitrogens with zero attached hydrogens (tertiary/aromatic N) is 2. The van der Waals surface area contributed by atoms with Crippen molar-refractivity contribution in [3.63, 3.8) is 0 Å². The number of pyridine rings is 1. The molecule has 0 aliphatic carbocycles. The van der Waals surface area contributed by atoms with Crippen molar-refractivity contribution in [1.29, 1.82) is 0 Å². The molecule has 0 saturated heterocycles. The minimum absolute atomic E-state index is 0.0437. The van der Waals surface area contributed by atoms with Crippen LogP contribution in [-0.4, -0.2) is 15.8 Å². The summed E-state index contributed by atoms with van der Waals surface area (Å²) in [5.74, 6) is 0.702. The number of carbonyl (C=O) groups is 1. The molecule has 2 heterocycles. The maximum absolute atomic E-state index is 13.2. The summed E-state index contributed by atoms with van der Waals surface area (Å²) in [6, 6.07) is 23.2. The molecule has 4 aromatic rings. The van der Waals surface area contributed by atoms with Crippen LogP contribution in [0, 0.1) is 0 Å². The van der Waals surface area contributed by atoms with Gasteiger partial charge in [-0.15, -0.1) is 0 Å². The topological polar surface area (TPSA) is 46.3 Å². The number of fused-ring (bicyclic) bond motifs is 1. The van der Waals surface area contributed by atoms with E-state index in [0.717, 1.165) is 22.2 Å². The average molecular weight is 342 g/mol. The van der Waals surface area contributed by atoms with Crippen LogP contribution in [0.5, 0.6) is 0 Å². The smallest absolute Gasteiger partial charge is 0.254 e. The van der Waals surface area contributed by atoms with Gasteiger partial charge in [0, 0.05) is 11.8 Å². The Balaban J connectivity index is 1.65. The molecule has 0 aliphatic rings. The second-order valence-electron chi connectivity index (χ2n) is 6.12. The number of carbonyl (C=O) groups excluding carboxylic acids is 1. The van der Waals surface area contributed by atoms with Crippen LogP contribution in [0.25, 0.3) is 10.8 Å². The molecule has 0 radical (unpaired) electrons. The van der Waals surface area contributed by atoms with E-state index in [-0.39, 0.29) is 5.91 Å². The lowest BCUT2D eigenvalue weighted by atomic mass is 10.1. The summed E-state index contributed by atoms with van der Waals surface area (Å²) in [5.41, 5.74) is 1.50. The van der Waals surface area contributed by atoms with Crippen molar-refractivity contribution < 1.29 is 9.21 Å². The summed E-state index contributed by atoms with van der Waals surface area (Å²) < 4.78 is 5.44. The van der Waals surface area contributed by atoms with Crippen molar-refractivity contribution in [3.8, 4) is 0 Å². The molecule has 0 saturated carbocycles. The number of rotatable bonds is 5. The minimum atomic E-state index is -0.0437. The first kappa shape index (κ1) is 16.1. The zero-order valence-electron chi connectivity index (χ0n) is 14.2. The molecule has 0 fully saturated rings. The molecule has 0 atom stereocenters. The molecule has 0 bridgehead atoms. The molecule has 0 aliphatic heterocycles. The normalized spacial score (nSPS) is 10.8. The van der Waals surface area contributed by atoms with Crippen molar-refractivity contribution in [1.82, 2.24) is 9.88 Å². The number of hydrogen-bond donors (Lipinski definition) is 0. The first-order valence-corrected chi connectivity index (χ1v) is 8.50. The number of benzene rings is 2. The van der Waals surface area contributed by atoms with Gasteiger partial charge in [0.05, 0.1) is 25.0 Å². The molecule has 128 valence electrons. The van der Waals surface area contributed by atoms with Crippen molar-refractivity contribution in [2.75, 3.05) is 0 Å². The van der Waals surface area contributed by atoms with Crippen LogP contribution in [0.1, 0.15) is 21.8 Å². The highest BCUT2D eigenvalue weighted by molar-refractivity contribution is 5.98. The van der Waals surface area contributed by atoms with Gasteiger partial charge in [-0.1, -0.05) is 36.4 Å². The molecule has 2 aromatic carbocycles. The lowest BCUT2D eigenvalue weighted by molar-refractivity contribution is 0.0715. The molecule has 4 nitrogen and oxygen atoms in total. The largest absolute Gasteiger partial charge is 0.467 e. The van der Waals surface area contributed by atoms with E-state index < -0.39 is 0 Å². The summed E-state index contributed by atoms with van der Waals surface area (Å²) >= 11 is 0. The molecular formula is C22H18N2O2. The van der Waals surface area contributed by atoms with Crippen LogP contribution in [-0.2, 0) is 13.1 Å². The van der Waals surface area contributed by atoms with Crippen LogP contribution in [0.15, 0.2) is 89.7 Å². The molecule has 0 N–H and O–H groups in total. The van der Waals surface area contributed by atoms with E-state index in [1.165, 1.54) is 0 Å². The Morgan fingerprint density at radius 1 is 0.885 bits per heavy atom. The van der Waals surface area contributed by atoms with Gasteiger partial charge in [0.2, 0.25) is 0 Å². The van der Waals surface area contributed by atoms with Gasteiger partial charge in [-0.25, -0.2) is 0 Å². The quantitative estimate of drug-likeness (QED) is 0.529. The van der Waals surface area contributed by atoms with Gasteiger partial charge >= 0.3 is 0 Å². The predicted molar refractivity (Wildman–Crippen MR) is 100 cm³/mol. The first-order valence-electron chi connectivity index (χ1n) is 8.50. The van der Waals surface area contributed by atoms with E-state index in [9.17, 15) is 4.79 Å². The van der Waals surface area contributed by atoms with Crippen molar-refractivity contribution in [2.45, 2.75) is 13.1 Å². The third-order valence-corrected chi connectivity index (χ3v) is 4.29. The maximum Gasteiger partial charge on any atom is 0.254 e. The van der Waals surface area contributed by atoms with Crippen LogP contribution in [0.2, 0.25) is 0 Å². The maximum atomic E-state index is 13.2. The number of hydrogen-bond acceptors (Lipinski definition) is 3. The minimum Gasteiger partial charge on any atom is -0.467 e. The standard InChI is InChI=1S/C22H18N2O2/c25-22(19-11-10-17-6-1-2-7-18(17)14-19)24(16-21-9-5-13-26-21)15-20-8-3-4-12-23-20/h1-14H,15-16H2. The highest BCUT2D eigenvalue weighted by Crippen LogP contribution is 2.19. The molecule has 1 amide bonds. The lowest BCUT2D eigenvalue weighted by Crippen LogP contribution is -2.30. The van der Waals surface area contributed by atoms with Gasteiger partial charge in [-0.05, 0) is 47.2 Å². The fraction of sp³-hybridized carbons (Fsp3) is 0.0909. The fourth-order valence-corrected chi connectivity index (χ4v) is 2.98. The predicted octanol–water partition coefficient (Wildman–Crippen LogP) is 4.67. The Morgan fingerprint density at radius 2 is 1.73 bits per heavy atom. The Hall–Kier alpha value is -3.40. The van der Waals surface area contributed by atoms with Crippen molar-refractivity contribution in [2.24, 2.45) is 0 Å². The first-order chi connectivity index (χ1) is 12.8. The highest BCUT2D eigenvalue weighted by Gasteiger charge is 2.18. The third kappa shape index (κ3) is 3.49. The zero-order chi connectivity index (χ0) is 17.8. The SMILES string of the molecule is O=C(c1ccc2ccccc2c1)N(Cc1ccccn1)Cc1ccco1. The van der Waals surface area contributed by atoms with Crippen LogP contribution < -0.4 is 0 Å². The van der Waals surface area contributed by atoms with Crippen LogP contribution in [0.3, 0.4) is 0 Å². The van der Waals surface area contributed by atoms with Gasteiger partial charge < -0.3 is 9.32 Å².